The smallest absolute Gasteiger partial charge is 0.0540 e. The van der Waals surface area contributed by atoms with Crippen molar-refractivity contribution in [2.24, 2.45) is 0 Å². The van der Waals surface area contributed by atoms with Crippen molar-refractivity contribution in [3.8, 4) is 55.6 Å². The quantitative estimate of drug-likeness (QED) is 0.147. The highest BCUT2D eigenvalue weighted by molar-refractivity contribution is 7.25. The summed E-state index contributed by atoms with van der Waals surface area (Å²) in [5.41, 5.74) is 18.1. The maximum Gasteiger partial charge on any atom is 0.0540 e. The van der Waals surface area contributed by atoms with E-state index in [1.807, 2.05) is 11.3 Å². The highest BCUT2D eigenvalue weighted by Gasteiger charge is 2.25. The largest absolute Gasteiger partial charge is 0.309 e. The van der Waals surface area contributed by atoms with E-state index in [4.69, 9.17) is 0 Å². The topological polar surface area (TPSA) is 3.24 Å². The summed E-state index contributed by atoms with van der Waals surface area (Å²) in [7, 11) is 0. The molecule has 0 N–H and O–H groups in total. The number of rotatable bonds is 8. The van der Waals surface area contributed by atoms with Crippen molar-refractivity contribution < 1.29 is 0 Å². The van der Waals surface area contributed by atoms with Gasteiger partial charge in [-0.2, -0.15) is 0 Å². The molecule has 2 heteroatoms. The minimum absolute atomic E-state index is 0.00859. The van der Waals surface area contributed by atoms with Crippen LogP contribution in [0.25, 0.3) is 86.6 Å². The molecule has 0 spiro atoms. The van der Waals surface area contributed by atoms with E-state index in [1.165, 1.54) is 86.6 Å². The van der Waals surface area contributed by atoms with Crippen molar-refractivity contribution >= 4 is 59.3 Å². The Morgan fingerprint density at radius 2 is 0.794 bits per heavy atom. The molecule has 0 saturated carbocycles. The second-order valence-corrected chi connectivity index (χ2v) is 21.2. The molecule has 0 aliphatic carbocycles. The van der Waals surface area contributed by atoms with E-state index in [9.17, 15) is 0 Å². The van der Waals surface area contributed by atoms with Gasteiger partial charge < -0.3 is 4.90 Å². The van der Waals surface area contributed by atoms with Crippen LogP contribution in [0.1, 0.15) is 52.7 Å². The summed E-state index contributed by atoms with van der Waals surface area (Å²) in [6.45, 7) is 13.9. The maximum atomic E-state index is 2.49. The average Bonchev–Trinajstić information content (AvgIpc) is 3.76. The van der Waals surface area contributed by atoms with Crippen LogP contribution < -0.4 is 4.90 Å². The predicted molar refractivity (Wildman–Crippen MR) is 296 cm³/mol. The summed E-state index contributed by atoms with van der Waals surface area (Å²) < 4.78 is 2.63. The zero-order chi connectivity index (χ0) is 46.6. The van der Waals surface area contributed by atoms with Gasteiger partial charge in [0.15, 0.2) is 0 Å². The number of anilines is 3. The molecule has 1 aromatic heterocycles. The van der Waals surface area contributed by atoms with E-state index in [0.29, 0.717) is 0 Å². The number of benzene rings is 10. The molecule has 0 amide bonds. The van der Waals surface area contributed by atoms with Gasteiger partial charge >= 0.3 is 0 Å². The highest BCUT2D eigenvalue weighted by Crippen LogP contribution is 2.49. The van der Waals surface area contributed by atoms with Gasteiger partial charge in [-0.1, -0.05) is 230 Å². The van der Waals surface area contributed by atoms with E-state index in [2.05, 4.69) is 271 Å². The van der Waals surface area contributed by atoms with E-state index in [1.54, 1.807) is 0 Å². The molecular formula is C66H55NS. The Morgan fingerprint density at radius 1 is 0.324 bits per heavy atom. The van der Waals surface area contributed by atoms with E-state index >= 15 is 0 Å². The summed E-state index contributed by atoms with van der Waals surface area (Å²) in [5, 5.41) is 5.11. The molecule has 1 heterocycles. The molecule has 0 radical (unpaired) electrons. The molecule has 11 rings (SSSR count). The first kappa shape index (κ1) is 43.1. The van der Waals surface area contributed by atoms with E-state index in [0.717, 1.165) is 28.2 Å². The van der Waals surface area contributed by atoms with Crippen LogP contribution >= 0.6 is 11.3 Å². The van der Waals surface area contributed by atoms with Crippen LogP contribution in [-0.2, 0) is 10.8 Å². The van der Waals surface area contributed by atoms with Crippen LogP contribution in [0.3, 0.4) is 0 Å². The normalized spacial score (nSPS) is 12.0. The highest BCUT2D eigenvalue weighted by atomic mass is 32.1. The van der Waals surface area contributed by atoms with Gasteiger partial charge in [0.2, 0.25) is 0 Å². The molecule has 1 nitrogen and oxygen atoms in total. The molecule has 0 bridgehead atoms. The summed E-state index contributed by atoms with van der Waals surface area (Å²) in [6, 6.07) is 83.3. The lowest BCUT2D eigenvalue weighted by molar-refractivity contribution is 0.569. The van der Waals surface area contributed by atoms with Crippen LogP contribution in [0.5, 0.6) is 0 Å². The first-order chi connectivity index (χ1) is 33.0. The molecular weight excluding hydrogens is 839 g/mol. The summed E-state index contributed by atoms with van der Waals surface area (Å²) >= 11 is 1.87. The minimum Gasteiger partial charge on any atom is -0.309 e. The van der Waals surface area contributed by atoms with Crippen molar-refractivity contribution in [1.82, 2.24) is 0 Å². The van der Waals surface area contributed by atoms with Crippen LogP contribution in [0.2, 0.25) is 0 Å². The van der Waals surface area contributed by atoms with Crippen molar-refractivity contribution in [1.29, 1.82) is 0 Å². The lowest BCUT2D eigenvalue weighted by atomic mass is 9.78. The zero-order valence-electron chi connectivity index (χ0n) is 39.7. The number of thiophene rings is 1. The van der Waals surface area contributed by atoms with Crippen molar-refractivity contribution in [3.05, 3.63) is 236 Å². The van der Waals surface area contributed by atoms with Crippen LogP contribution in [0.4, 0.5) is 17.1 Å². The molecule has 330 valence electrons. The lowest BCUT2D eigenvalue weighted by Crippen LogP contribution is -2.16. The molecule has 0 saturated heterocycles. The number of nitrogens with zero attached hydrogens (tertiary/aromatic N) is 1. The zero-order valence-corrected chi connectivity index (χ0v) is 40.5. The fourth-order valence-corrected chi connectivity index (χ4v) is 11.1. The molecule has 0 unspecified atom stereocenters. The summed E-state index contributed by atoms with van der Waals surface area (Å²) in [6.07, 6.45) is 0. The third-order valence-electron chi connectivity index (χ3n) is 13.6. The Labute approximate surface area is 405 Å². The standard InChI is InChI=1S/C66H55NS/c1-65(2,3)50-41-49(42-51(43-50)66(4,5)6)55-26-16-21-48-22-17-28-57(63(48)55)56-24-11-14-30-60(56)67(59-29-13-10-23-53(59)46-35-33-45(34-36-46)44-19-8-7-9-20-44)52-39-37-47(38-40-52)54-27-18-32-62-64(54)58-25-12-15-31-61(58)68-62/h7-43H,1-6H3. The second-order valence-electron chi connectivity index (χ2n) is 20.1. The van der Waals surface area contributed by atoms with Crippen molar-refractivity contribution in [2.75, 3.05) is 4.90 Å². The monoisotopic (exact) mass is 893 g/mol. The van der Waals surface area contributed by atoms with E-state index in [-0.39, 0.29) is 10.8 Å². The van der Waals surface area contributed by atoms with Crippen LogP contribution in [0.15, 0.2) is 224 Å². The number of hydrogen-bond donors (Lipinski definition) is 0. The Bertz CT molecular complexity index is 3580. The van der Waals surface area contributed by atoms with Gasteiger partial charge in [-0.15, -0.1) is 11.3 Å². The molecule has 0 fully saturated rings. The Morgan fingerprint density at radius 3 is 1.47 bits per heavy atom. The minimum atomic E-state index is -0.00859. The maximum absolute atomic E-state index is 2.49. The number of para-hydroxylation sites is 2. The van der Waals surface area contributed by atoms with Gasteiger partial charge in [0.25, 0.3) is 0 Å². The third kappa shape index (κ3) is 7.99. The van der Waals surface area contributed by atoms with Crippen molar-refractivity contribution in [2.45, 2.75) is 52.4 Å². The second kappa shape index (κ2) is 17.3. The molecule has 11 aromatic rings. The Kier molecular flexibility index (Phi) is 10.9. The molecule has 10 aromatic carbocycles. The number of hydrogen-bond acceptors (Lipinski definition) is 2. The van der Waals surface area contributed by atoms with Gasteiger partial charge in [-0.05, 0) is 114 Å². The van der Waals surface area contributed by atoms with Gasteiger partial charge in [-0.25, -0.2) is 0 Å². The van der Waals surface area contributed by atoms with Gasteiger partial charge in [0, 0.05) is 37.0 Å². The summed E-state index contributed by atoms with van der Waals surface area (Å²) in [5.74, 6) is 0. The SMILES string of the molecule is CC(C)(C)c1cc(-c2cccc3cccc(-c4ccccc4N(c4ccc(-c5cccc6sc7ccccc7c56)cc4)c4ccccc4-c4ccc(-c5ccccc5)cc4)c23)cc(C(C)(C)C)c1. The molecule has 0 aliphatic heterocycles. The fourth-order valence-electron chi connectivity index (χ4n) is 9.95. The number of fused-ring (bicyclic) bond motifs is 4. The molecule has 68 heavy (non-hydrogen) atoms. The van der Waals surface area contributed by atoms with Gasteiger partial charge in [0.05, 0.1) is 11.4 Å². The van der Waals surface area contributed by atoms with Crippen LogP contribution in [-0.4, -0.2) is 0 Å². The first-order valence-corrected chi connectivity index (χ1v) is 24.6. The Hall–Kier alpha value is -7.52. The van der Waals surface area contributed by atoms with Crippen molar-refractivity contribution in [3.63, 3.8) is 0 Å². The lowest BCUT2D eigenvalue weighted by Gasteiger charge is -2.30. The van der Waals surface area contributed by atoms with Crippen LogP contribution in [0, 0.1) is 0 Å². The van der Waals surface area contributed by atoms with Gasteiger partial charge in [-0.3, -0.25) is 0 Å². The predicted octanol–water partition coefficient (Wildman–Crippen LogP) is 19.6. The molecule has 0 aliphatic rings. The van der Waals surface area contributed by atoms with E-state index < -0.39 is 0 Å². The molecule has 0 atom stereocenters. The third-order valence-corrected chi connectivity index (χ3v) is 14.7. The summed E-state index contributed by atoms with van der Waals surface area (Å²) in [4.78, 5) is 2.49. The fraction of sp³-hybridized carbons (Fsp3) is 0.121. The Balaban J connectivity index is 1.12. The van der Waals surface area contributed by atoms with Gasteiger partial charge in [0.1, 0.15) is 0 Å². The average molecular weight is 894 g/mol. The first-order valence-electron chi connectivity index (χ1n) is 23.8.